The topological polar surface area (TPSA) is 126 Å². The number of nitrogens with zero attached hydrogens (tertiary/aromatic N) is 4. The molecule has 3 heterocycles. The first-order valence-electron chi connectivity index (χ1n) is 13.5. The Hall–Kier alpha value is -4.64. The number of ketones is 1. The third-order valence-corrected chi connectivity index (χ3v) is 8.06. The molecule has 214 valence electrons. The first-order valence-corrected chi connectivity index (χ1v) is 13.9. The van der Waals surface area contributed by atoms with Gasteiger partial charge in [0.15, 0.2) is 5.78 Å². The second-order valence-corrected chi connectivity index (χ2v) is 10.9. The molecule has 2 bridgehead atoms. The molecule has 0 radical (unpaired) electrons. The minimum atomic E-state index is -0.661. The van der Waals surface area contributed by atoms with Crippen LogP contribution in [0.2, 0.25) is 5.15 Å². The van der Waals surface area contributed by atoms with Crippen LogP contribution in [-0.4, -0.2) is 55.3 Å². The number of carbonyl (C=O) groups excluding carboxylic acids is 4. The quantitative estimate of drug-likeness (QED) is 0.238. The zero-order valence-corrected chi connectivity index (χ0v) is 23.3. The van der Waals surface area contributed by atoms with Crippen molar-refractivity contribution < 1.29 is 23.6 Å². The number of carbonyl (C=O) groups is 4. The van der Waals surface area contributed by atoms with E-state index in [1.54, 1.807) is 47.4 Å². The molecule has 2 aromatic heterocycles. The van der Waals surface area contributed by atoms with Crippen molar-refractivity contribution in [3.05, 3.63) is 82.9 Å². The van der Waals surface area contributed by atoms with Gasteiger partial charge in [-0.2, -0.15) is 5.10 Å². The molecule has 0 unspecified atom stereocenters. The van der Waals surface area contributed by atoms with E-state index in [2.05, 4.69) is 20.7 Å². The zero-order valence-electron chi connectivity index (χ0n) is 22.5. The summed E-state index contributed by atoms with van der Waals surface area (Å²) in [6.07, 6.45) is 2.38. The molecule has 2 aliphatic rings. The van der Waals surface area contributed by atoms with Crippen molar-refractivity contribution in [2.45, 2.75) is 44.8 Å². The lowest BCUT2D eigenvalue weighted by molar-refractivity contribution is -0.141. The van der Waals surface area contributed by atoms with Gasteiger partial charge < -0.3 is 15.5 Å². The molecular weight excluding hydrogens is 563 g/mol. The molecule has 2 N–H and O–H groups in total. The molecule has 1 aliphatic carbocycles. The zero-order chi connectivity index (χ0) is 29.5. The summed E-state index contributed by atoms with van der Waals surface area (Å²) in [7, 11) is 0. The fourth-order valence-electron chi connectivity index (χ4n) is 6.05. The fourth-order valence-corrected chi connectivity index (χ4v) is 6.22. The maximum Gasteiger partial charge on any atom is 0.258 e. The van der Waals surface area contributed by atoms with Crippen LogP contribution in [0.25, 0.3) is 10.9 Å². The summed E-state index contributed by atoms with van der Waals surface area (Å²) < 4.78 is 15.5. The smallest absolute Gasteiger partial charge is 0.258 e. The van der Waals surface area contributed by atoms with Crippen LogP contribution in [0.15, 0.2) is 60.7 Å². The van der Waals surface area contributed by atoms with Gasteiger partial charge in [0, 0.05) is 24.0 Å². The van der Waals surface area contributed by atoms with Crippen LogP contribution in [0.4, 0.5) is 15.9 Å². The molecule has 0 spiro atoms. The van der Waals surface area contributed by atoms with Gasteiger partial charge in [-0.15, -0.1) is 0 Å². The summed E-state index contributed by atoms with van der Waals surface area (Å²) in [6.45, 7) is 1.18. The van der Waals surface area contributed by atoms with E-state index in [4.69, 9.17) is 11.6 Å². The Bertz CT molecular complexity index is 1760. The predicted octanol–water partition coefficient (Wildman–Crippen LogP) is 4.70. The lowest BCUT2D eigenvalue weighted by atomic mass is 9.97. The van der Waals surface area contributed by atoms with Gasteiger partial charge in [-0.3, -0.25) is 23.9 Å². The SMILES string of the molecule is CC(=O)c1nn(CC(=O)N2[C@@H]3CC[C@@H](C3)[C@H]2C(=O)Nc2cccc(Cl)n2)c2ccc(NC(=O)c3ccccc3F)cc12. The van der Waals surface area contributed by atoms with Gasteiger partial charge in [0.2, 0.25) is 11.8 Å². The van der Waals surface area contributed by atoms with Crippen LogP contribution >= 0.6 is 11.6 Å². The number of Topliss-reactive ketones (excluding diaryl/α,β-unsaturated/α-hetero) is 1. The van der Waals surface area contributed by atoms with E-state index >= 15 is 0 Å². The van der Waals surface area contributed by atoms with Crippen molar-refractivity contribution in [3.8, 4) is 0 Å². The second-order valence-electron chi connectivity index (χ2n) is 10.5. The van der Waals surface area contributed by atoms with E-state index in [-0.39, 0.29) is 52.5 Å². The largest absolute Gasteiger partial charge is 0.326 e. The van der Waals surface area contributed by atoms with Gasteiger partial charge in [-0.05, 0) is 67.6 Å². The van der Waals surface area contributed by atoms with Crippen molar-refractivity contribution in [1.82, 2.24) is 19.7 Å². The molecular formula is C30H26ClFN6O4. The highest BCUT2D eigenvalue weighted by molar-refractivity contribution is 6.29. The number of hydrogen-bond acceptors (Lipinski definition) is 6. The highest BCUT2D eigenvalue weighted by Crippen LogP contribution is 2.43. The van der Waals surface area contributed by atoms with Crippen molar-refractivity contribution in [3.63, 3.8) is 0 Å². The van der Waals surface area contributed by atoms with Crippen LogP contribution in [0.1, 0.15) is 47.0 Å². The molecule has 4 aromatic rings. The Morgan fingerprint density at radius 3 is 2.60 bits per heavy atom. The number of anilines is 2. The Labute approximate surface area is 244 Å². The highest BCUT2D eigenvalue weighted by atomic mass is 35.5. The molecule has 1 saturated heterocycles. The molecule has 1 saturated carbocycles. The molecule has 6 rings (SSSR count). The molecule has 10 nitrogen and oxygen atoms in total. The van der Waals surface area contributed by atoms with Crippen molar-refractivity contribution in [2.75, 3.05) is 10.6 Å². The number of benzene rings is 2. The summed E-state index contributed by atoms with van der Waals surface area (Å²) in [5, 5.41) is 10.5. The number of amides is 3. The van der Waals surface area contributed by atoms with Crippen molar-refractivity contribution in [2.24, 2.45) is 5.92 Å². The van der Waals surface area contributed by atoms with Crippen LogP contribution in [0.3, 0.4) is 0 Å². The number of rotatable bonds is 7. The Balaban J connectivity index is 1.25. The number of likely N-dealkylation sites (tertiary alicyclic amines) is 1. The number of fused-ring (bicyclic) bond motifs is 3. The van der Waals surface area contributed by atoms with E-state index in [1.807, 2.05) is 0 Å². The monoisotopic (exact) mass is 588 g/mol. The number of halogens is 2. The molecule has 12 heteroatoms. The number of nitrogens with one attached hydrogen (secondary N) is 2. The van der Waals surface area contributed by atoms with Gasteiger partial charge in [-0.25, -0.2) is 9.37 Å². The van der Waals surface area contributed by atoms with Crippen molar-refractivity contribution >= 4 is 57.5 Å². The molecule has 42 heavy (non-hydrogen) atoms. The first-order chi connectivity index (χ1) is 20.2. The minimum absolute atomic E-state index is 0.0286. The third kappa shape index (κ3) is 5.11. The molecule has 3 amide bonds. The summed E-state index contributed by atoms with van der Waals surface area (Å²) in [4.78, 5) is 57.9. The van der Waals surface area contributed by atoms with Crippen molar-refractivity contribution in [1.29, 1.82) is 0 Å². The number of piperidine rings is 1. The van der Waals surface area contributed by atoms with Gasteiger partial charge in [0.25, 0.3) is 5.91 Å². The van der Waals surface area contributed by atoms with Gasteiger partial charge >= 0.3 is 0 Å². The van der Waals surface area contributed by atoms with Gasteiger partial charge in [-0.1, -0.05) is 29.8 Å². The van der Waals surface area contributed by atoms with E-state index in [0.717, 1.165) is 19.3 Å². The van der Waals surface area contributed by atoms with Crippen LogP contribution in [-0.2, 0) is 16.1 Å². The Morgan fingerprint density at radius 2 is 1.83 bits per heavy atom. The number of aromatic nitrogens is 3. The molecule has 2 fully saturated rings. The van der Waals surface area contributed by atoms with Gasteiger partial charge in [0.05, 0.1) is 11.1 Å². The Kier molecular flexibility index (Phi) is 7.19. The van der Waals surface area contributed by atoms with Crippen LogP contribution in [0.5, 0.6) is 0 Å². The van der Waals surface area contributed by atoms with Gasteiger partial charge in [0.1, 0.15) is 35.1 Å². The van der Waals surface area contributed by atoms with E-state index < -0.39 is 17.8 Å². The fraction of sp³-hybridized carbons (Fsp3) is 0.267. The number of pyridine rings is 1. The minimum Gasteiger partial charge on any atom is -0.326 e. The average molecular weight is 589 g/mol. The van der Waals surface area contributed by atoms with Crippen LogP contribution < -0.4 is 10.6 Å². The average Bonchev–Trinajstić information content (AvgIpc) is 3.67. The lowest BCUT2D eigenvalue weighted by Crippen LogP contribution is -2.52. The summed E-state index contributed by atoms with van der Waals surface area (Å²) in [5.41, 5.74) is 0.859. The molecule has 2 aromatic carbocycles. The second kappa shape index (κ2) is 11.0. The first kappa shape index (κ1) is 27.5. The standard InChI is InChI=1S/C30H26ClFN6O4/c1-16(39)27-21-14-18(33-29(41)20-5-2-3-6-22(20)32)10-12-23(21)37(36-27)15-26(40)38-19-11-9-17(13-19)28(38)30(42)35-25-8-4-7-24(31)34-25/h2-8,10,12,14,17,19,28H,9,11,13,15H2,1H3,(H,33,41)(H,34,35,42)/t17-,19+,28-/m0/s1. The summed E-state index contributed by atoms with van der Waals surface area (Å²) in [5.74, 6) is -1.90. The normalized spacial score (nSPS) is 19.2. The molecule has 1 aliphatic heterocycles. The third-order valence-electron chi connectivity index (χ3n) is 7.85. The van der Waals surface area contributed by atoms with E-state index in [0.29, 0.717) is 22.4 Å². The lowest BCUT2D eigenvalue weighted by Gasteiger charge is -2.34. The molecule has 3 atom stereocenters. The highest BCUT2D eigenvalue weighted by Gasteiger charge is 2.51. The van der Waals surface area contributed by atoms with E-state index in [9.17, 15) is 23.6 Å². The summed E-state index contributed by atoms with van der Waals surface area (Å²) >= 11 is 5.96. The van der Waals surface area contributed by atoms with Crippen LogP contribution in [0, 0.1) is 11.7 Å². The number of hydrogen-bond donors (Lipinski definition) is 2. The van der Waals surface area contributed by atoms with E-state index in [1.165, 1.54) is 29.8 Å². The maximum absolute atomic E-state index is 14.1. The predicted molar refractivity (Wildman–Crippen MR) is 154 cm³/mol. The Morgan fingerprint density at radius 1 is 1.02 bits per heavy atom. The maximum atomic E-state index is 14.1. The summed E-state index contributed by atoms with van der Waals surface area (Å²) in [6, 6.07) is 14.6.